The fourth-order valence-electron chi connectivity index (χ4n) is 4.87. The molecule has 0 radical (unpaired) electrons. The van der Waals surface area contributed by atoms with Gasteiger partial charge >= 0.3 is 0 Å². The predicted octanol–water partition coefficient (Wildman–Crippen LogP) is 8.62. The molecule has 2 heteroatoms. The van der Waals surface area contributed by atoms with Gasteiger partial charge < -0.3 is 0 Å². The minimum absolute atomic E-state index is 0.918. The fraction of sp³-hybridized carbons (Fsp3) is 0.438. The first-order chi connectivity index (χ1) is 16.7. The predicted molar refractivity (Wildman–Crippen MR) is 154 cm³/mol. The van der Waals surface area contributed by atoms with Gasteiger partial charge in [-0.3, -0.25) is 0 Å². The molecule has 3 aromatic carbocycles. The fourth-order valence-corrected chi connectivity index (χ4v) is 9.07. The summed E-state index contributed by atoms with van der Waals surface area (Å²) in [7, 11) is -2.34. The maximum absolute atomic E-state index is 7.49. The average Bonchev–Trinajstić information content (AvgIpc) is 2.89. The number of benzene rings is 3. The molecule has 0 aliphatic rings. The molecule has 0 aliphatic heterocycles. The average molecular weight is 491 g/mol. The number of hydrogen-bond acceptors (Lipinski definition) is 0. The Morgan fingerprint density at radius 3 is 1.38 bits per heavy atom. The summed E-state index contributed by atoms with van der Waals surface area (Å²) >= 11 is 7.49. The number of rotatable bonds is 16. The molecule has 0 aliphatic carbocycles. The minimum Gasteiger partial charge on any atom is -0.154 e. The van der Waals surface area contributed by atoms with Gasteiger partial charge in [-0.2, -0.15) is 11.1 Å². The Hall–Kier alpha value is -1.83. The quantitative estimate of drug-likeness (QED) is 0.107. The van der Waals surface area contributed by atoms with Gasteiger partial charge in [0.05, 0.1) is 0 Å². The summed E-state index contributed by atoms with van der Waals surface area (Å²) in [5, 5.41) is 2.57. The molecule has 0 amide bonds. The second kappa shape index (κ2) is 15.2. The lowest BCUT2D eigenvalue weighted by atomic mass is 10.0. The first kappa shape index (κ1) is 26.8. The van der Waals surface area contributed by atoms with Crippen molar-refractivity contribution in [1.82, 2.24) is 0 Å². The van der Waals surface area contributed by atoms with Crippen molar-refractivity contribution in [2.24, 2.45) is 0 Å². The van der Waals surface area contributed by atoms with Gasteiger partial charge in [-0.25, -0.2) is 0 Å². The molecule has 0 heterocycles. The zero-order valence-electron chi connectivity index (χ0n) is 21.2. The van der Waals surface area contributed by atoms with E-state index in [2.05, 4.69) is 91.9 Å². The third-order valence-corrected chi connectivity index (χ3v) is 12.1. The lowest BCUT2D eigenvalue weighted by Gasteiger charge is -2.26. The number of unbranched alkanes of at least 4 members (excludes halogenated alkanes) is 10. The van der Waals surface area contributed by atoms with Gasteiger partial charge in [-0.15, -0.1) is 0 Å². The Kier molecular flexibility index (Phi) is 12.0. The largest absolute Gasteiger partial charge is 0.221 e. The molecule has 0 fully saturated rings. The first-order valence-corrected chi connectivity index (χ1v) is 16.8. The van der Waals surface area contributed by atoms with Crippen LogP contribution in [0.1, 0.15) is 88.7 Å². The highest BCUT2D eigenvalue weighted by molar-refractivity contribution is 7.33. The van der Waals surface area contributed by atoms with E-state index in [1.165, 1.54) is 98.6 Å². The summed E-state index contributed by atoms with van der Waals surface area (Å²) in [5.74, 6) is 0. The van der Waals surface area contributed by atoms with Crippen LogP contribution in [-0.2, 0) is 12.5 Å². The topological polar surface area (TPSA) is 0 Å². The molecule has 182 valence electrons. The van der Waals surface area contributed by atoms with Crippen LogP contribution in [0, 0.1) is 0 Å². The Morgan fingerprint density at radius 2 is 0.912 bits per heavy atom. The summed E-state index contributed by atoms with van der Waals surface area (Å²) in [6.07, 6.45) is 16.6. The van der Waals surface area contributed by atoms with Crippen LogP contribution in [0.3, 0.4) is 0 Å². The summed E-state index contributed by atoms with van der Waals surface area (Å²) in [6.45, 7) is 2.29. The van der Waals surface area contributed by atoms with Crippen LogP contribution in [0.5, 0.6) is 0 Å². The van der Waals surface area contributed by atoms with E-state index in [0.717, 1.165) is 6.04 Å². The highest BCUT2D eigenvalue weighted by Gasteiger charge is 2.35. The van der Waals surface area contributed by atoms with Gasteiger partial charge in [0.1, 0.15) is 0 Å². The van der Waals surface area contributed by atoms with Crippen molar-refractivity contribution < 1.29 is 0 Å². The van der Waals surface area contributed by atoms with Crippen LogP contribution >= 0.6 is 11.1 Å². The van der Waals surface area contributed by atoms with E-state index in [9.17, 15) is 0 Å². The van der Waals surface area contributed by atoms with E-state index in [4.69, 9.17) is 11.1 Å². The Labute approximate surface area is 214 Å². The van der Waals surface area contributed by atoms with E-state index in [1.54, 1.807) is 0 Å². The second-order valence-corrected chi connectivity index (χ2v) is 14.9. The summed E-state index contributed by atoms with van der Waals surface area (Å²) in [6, 6.07) is 31.6. The summed E-state index contributed by atoms with van der Waals surface area (Å²) < 4.78 is 0. The van der Waals surface area contributed by atoms with Gasteiger partial charge in [0.15, 0.2) is 0 Å². The van der Waals surface area contributed by atoms with Crippen molar-refractivity contribution in [2.45, 2.75) is 90.0 Å². The lowest BCUT2D eigenvalue weighted by Crippen LogP contribution is -2.55. The zero-order chi connectivity index (χ0) is 23.9. The molecule has 0 nitrogen and oxygen atoms in total. The number of halogens is 1. The number of hydrogen-bond donors (Lipinski definition) is 0. The molecule has 34 heavy (non-hydrogen) atoms. The van der Waals surface area contributed by atoms with Crippen molar-refractivity contribution in [3.63, 3.8) is 0 Å². The Balaban J connectivity index is 1.44. The molecule has 0 bridgehead atoms. The van der Waals surface area contributed by atoms with Crippen LogP contribution in [0.2, 0.25) is 0 Å². The third kappa shape index (κ3) is 8.75. The van der Waals surface area contributed by atoms with E-state index in [-0.39, 0.29) is 0 Å². The standard InChI is InChI=1S/C32H43ClSi/c1-2-3-4-5-6-7-8-9-10-11-14-19-29-24-26-30(27-25-29)28-34(33,31-20-15-12-16-21-31)32-22-17-13-18-23-32/h12-13,15-18,20-27H,2-11,14,19,28H2,1H3. The molecular formula is C32H43ClSi. The van der Waals surface area contributed by atoms with Crippen LogP contribution in [0.15, 0.2) is 84.9 Å². The highest BCUT2D eigenvalue weighted by atomic mass is 35.6. The molecule has 3 rings (SSSR count). The Morgan fingerprint density at radius 1 is 0.500 bits per heavy atom. The van der Waals surface area contributed by atoms with E-state index in [0.29, 0.717) is 0 Å². The molecule has 0 N–H and O–H groups in total. The maximum atomic E-state index is 7.49. The monoisotopic (exact) mass is 490 g/mol. The second-order valence-electron chi connectivity index (χ2n) is 9.81. The molecular weight excluding hydrogens is 448 g/mol. The van der Waals surface area contributed by atoms with Gasteiger partial charge in [-0.05, 0) is 40.4 Å². The van der Waals surface area contributed by atoms with E-state index >= 15 is 0 Å². The van der Waals surface area contributed by atoms with Crippen LogP contribution in [0.25, 0.3) is 0 Å². The molecule has 0 saturated heterocycles. The molecule has 0 atom stereocenters. The minimum atomic E-state index is -2.34. The van der Waals surface area contributed by atoms with Gasteiger partial charge in [0.2, 0.25) is 7.38 Å². The van der Waals surface area contributed by atoms with Crippen molar-refractivity contribution in [1.29, 1.82) is 0 Å². The third-order valence-electron chi connectivity index (χ3n) is 7.00. The van der Waals surface area contributed by atoms with Crippen molar-refractivity contribution in [3.8, 4) is 0 Å². The Bertz CT molecular complexity index is 865. The maximum Gasteiger partial charge on any atom is 0.221 e. The molecule has 3 aromatic rings. The van der Waals surface area contributed by atoms with Gasteiger partial charge in [0.25, 0.3) is 0 Å². The number of aryl methyl sites for hydroxylation is 1. The molecule has 0 saturated carbocycles. The normalized spacial score (nSPS) is 11.6. The van der Waals surface area contributed by atoms with Crippen molar-refractivity contribution >= 4 is 28.8 Å². The van der Waals surface area contributed by atoms with Crippen molar-refractivity contribution in [3.05, 3.63) is 96.1 Å². The van der Waals surface area contributed by atoms with Crippen molar-refractivity contribution in [2.75, 3.05) is 0 Å². The van der Waals surface area contributed by atoms with Crippen LogP contribution in [-0.4, -0.2) is 7.38 Å². The molecule has 0 unspecified atom stereocenters. The van der Waals surface area contributed by atoms with Crippen LogP contribution in [0.4, 0.5) is 0 Å². The smallest absolute Gasteiger partial charge is 0.154 e. The van der Waals surface area contributed by atoms with Crippen LogP contribution < -0.4 is 10.4 Å². The van der Waals surface area contributed by atoms with E-state index in [1.807, 2.05) is 0 Å². The highest BCUT2D eigenvalue weighted by Crippen LogP contribution is 2.19. The first-order valence-electron chi connectivity index (χ1n) is 13.6. The molecule has 0 spiro atoms. The van der Waals surface area contributed by atoms with E-state index < -0.39 is 7.38 Å². The summed E-state index contributed by atoms with van der Waals surface area (Å²) in [5.41, 5.74) is 2.80. The van der Waals surface area contributed by atoms with Gasteiger partial charge in [-0.1, -0.05) is 156 Å². The SMILES string of the molecule is CCCCCCCCCCCCCc1ccc(C[Si](Cl)(c2ccccc2)c2ccccc2)cc1. The summed E-state index contributed by atoms with van der Waals surface area (Å²) in [4.78, 5) is 0. The lowest BCUT2D eigenvalue weighted by molar-refractivity contribution is 0.549. The zero-order valence-corrected chi connectivity index (χ0v) is 22.9. The molecule has 0 aromatic heterocycles. The van der Waals surface area contributed by atoms with Gasteiger partial charge in [0, 0.05) is 0 Å².